The number of amides is 1. The molecule has 1 aromatic rings. The number of alkyl carbamates (subject to hydrolysis) is 1. The molecule has 23 heavy (non-hydrogen) atoms. The van der Waals surface area contributed by atoms with Crippen LogP contribution in [0.2, 0.25) is 0 Å². The van der Waals surface area contributed by atoms with Crippen LogP contribution >= 0.6 is 0 Å². The second-order valence-electron chi connectivity index (χ2n) is 6.87. The minimum atomic E-state index is -0.489. The smallest absolute Gasteiger partial charge is 0.407 e. The first-order valence-electron chi connectivity index (χ1n) is 7.80. The molecule has 0 spiro atoms. The molecule has 1 atom stereocenters. The highest BCUT2D eigenvalue weighted by Gasteiger charge is 2.25. The predicted molar refractivity (Wildman–Crippen MR) is 90.1 cm³/mol. The average molecular weight is 316 g/mol. The second kappa shape index (κ2) is 6.78. The summed E-state index contributed by atoms with van der Waals surface area (Å²) in [5, 5.41) is 12.1. The van der Waals surface area contributed by atoms with E-state index in [0.29, 0.717) is 23.7 Å². The molecule has 6 heteroatoms. The van der Waals surface area contributed by atoms with Crippen LogP contribution in [0.3, 0.4) is 0 Å². The van der Waals surface area contributed by atoms with E-state index in [1.165, 1.54) is 0 Å². The lowest BCUT2D eigenvalue weighted by Crippen LogP contribution is -2.36. The Balaban J connectivity index is 1.90. The fourth-order valence-electron chi connectivity index (χ4n) is 2.68. The summed E-state index contributed by atoms with van der Waals surface area (Å²) in [7, 11) is 0. The second-order valence-corrected chi connectivity index (χ2v) is 6.87. The molecule has 6 nitrogen and oxygen atoms in total. The van der Waals surface area contributed by atoms with Crippen LogP contribution in [0.25, 0.3) is 0 Å². The summed E-state index contributed by atoms with van der Waals surface area (Å²) >= 11 is 0. The van der Waals surface area contributed by atoms with Crippen molar-refractivity contribution in [2.75, 3.05) is 30.3 Å². The van der Waals surface area contributed by atoms with Crippen molar-refractivity contribution >= 4 is 17.5 Å². The van der Waals surface area contributed by atoms with Crippen molar-refractivity contribution in [3.8, 4) is 6.07 Å². The maximum Gasteiger partial charge on any atom is 0.407 e. The van der Waals surface area contributed by atoms with Gasteiger partial charge in [0.05, 0.1) is 11.3 Å². The zero-order valence-electron chi connectivity index (χ0n) is 13.9. The maximum absolute atomic E-state index is 11.7. The molecule has 0 saturated carbocycles. The summed E-state index contributed by atoms with van der Waals surface area (Å²) in [6, 6.07) is 7.58. The highest BCUT2D eigenvalue weighted by atomic mass is 16.6. The minimum Gasteiger partial charge on any atom is -0.444 e. The van der Waals surface area contributed by atoms with Gasteiger partial charge in [0.2, 0.25) is 0 Å². The van der Waals surface area contributed by atoms with Crippen molar-refractivity contribution in [1.29, 1.82) is 5.26 Å². The molecule has 0 radical (unpaired) electrons. The van der Waals surface area contributed by atoms with Crippen molar-refractivity contribution in [3.63, 3.8) is 0 Å². The van der Waals surface area contributed by atoms with Gasteiger partial charge in [-0.25, -0.2) is 4.79 Å². The number of benzene rings is 1. The first-order valence-corrected chi connectivity index (χ1v) is 7.80. The predicted octanol–water partition coefficient (Wildman–Crippen LogP) is 2.49. The number of carbonyl (C=O) groups is 1. The summed E-state index contributed by atoms with van der Waals surface area (Å²) in [5.74, 6) is 0.339. The van der Waals surface area contributed by atoms with Crippen molar-refractivity contribution in [2.45, 2.75) is 32.8 Å². The summed E-state index contributed by atoms with van der Waals surface area (Å²) in [5.41, 5.74) is 7.32. The molecule has 1 saturated heterocycles. The molecular formula is C17H24N4O2. The zero-order chi connectivity index (χ0) is 17.0. The average Bonchev–Trinajstić information content (AvgIpc) is 2.92. The number of nitrogens with two attached hydrogens (primary N) is 1. The van der Waals surface area contributed by atoms with E-state index >= 15 is 0 Å². The largest absolute Gasteiger partial charge is 0.444 e. The van der Waals surface area contributed by atoms with Crippen molar-refractivity contribution in [1.82, 2.24) is 5.32 Å². The van der Waals surface area contributed by atoms with E-state index in [0.717, 1.165) is 25.2 Å². The topological polar surface area (TPSA) is 91.4 Å². The van der Waals surface area contributed by atoms with E-state index in [-0.39, 0.29) is 6.09 Å². The van der Waals surface area contributed by atoms with Gasteiger partial charge in [-0.15, -0.1) is 0 Å². The Morgan fingerprint density at radius 3 is 2.91 bits per heavy atom. The number of hydrogen-bond acceptors (Lipinski definition) is 5. The van der Waals surface area contributed by atoms with E-state index in [9.17, 15) is 10.1 Å². The molecule has 0 aromatic heterocycles. The molecule has 1 aliphatic heterocycles. The Hall–Kier alpha value is -2.42. The quantitative estimate of drug-likeness (QED) is 0.836. The van der Waals surface area contributed by atoms with Gasteiger partial charge >= 0.3 is 6.09 Å². The standard InChI is InChI=1S/C17H24N4O2/c1-17(2,3)23-16(22)20-10-12-6-7-21(11-12)15-5-4-14(19)8-13(15)9-18/h4-5,8,12H,6-7,10-11,19H2,1-3H3,(H,20,22). The Labute approximate surface area is 137 Å². The van der Waals surface area contributed by atoms with Crippen LogP contribution in [0, 0.1) is 17.2 Å². The normalized spacial score (nSPS) is 17.7. The third-order valence-corrected chi connectivity index (χ3v) is 3.70. The van der Waals surface area contributed by atoms with Crippen LogP contribution in [-0.2, 0) is 4.74 Å². The van der Waals surface area contributed by atoms with E-state index in [2.05, 4.69) is 16.3 Å². The zero-order valence-corrected chi connectivity index (χ0v) is 13.9. The Kier molecular flexibility index (Phi) is 4.99. The number of ether oxygens (including phenoxy) is 1. The molecular weight excluding hydrogens is 292 g/mol. The molecule has 0 bridgehead atoms. The Morgan fingerprint density at radius 1 is 1.52 bits per heavy atom. The lowest BCUT2D eigenvalue weighted by molar-refractivity contribution is 0.0520. The van der Waals surface area contributed by atoms with Gasteiger partial charge in [-0.1, -0.05) is 0 Å². The van der Waals surface area contributed by atoms with E-state index in [1.54, 1.807) is 6.07 Å². The van der Waals surface area contributed by atoms with Crippen molar-refractivity contribution in [2.24, 2.45) is 5.92 Å². The lowest BCUT2D eigenvalue weighted by atomic mass is 10.1. The fraction of sp³-hybridized carbons (Fsp3) is 0.529. The van der Waals surface area contributed by atoms with Gasteiger partial charge in [0.25, 0.3) is 0 Å². The van der Waals surface area contributed by atoms with Gasteiger partial charge in [0, 0.05) is 25.3 Å². The summed E-state index contributed by atoms with van der Waals surface area (Å²) in [4.78, 5) is 13.9. The molecule has 1 aliphatic rings. The van der Waals surface area contributed by atoms with Crippen LogP contribution in [0.1, 0.15) is 32.8 Å². The number of nitriles is 1. The highest BCUT2D eigenvalue weighted by Crippen LogP contribution is 2.28. The van der Waals surface area contributed by atoms with Crippen LogP contribution < -0.4 is 16.0 Å². The van der Waals surface area contributed by atoms with Gasteiger partial charge in [0.15, 0.2) is 0 Å². The molecule has 1 fully saturated rings. The molecule has 1 amide bonds. The highest BCUT2D eigenvalue weighted by molar-refractivity contribution is 5.68. The molecule has 3 N–H and O–H groups in total. The number of nitrogens with one attached hydrogen (secondary N) is 1. The van der Waals surface area contributed by atoms with Crippen LogP contribution in [-0.4, -0.2) is 31.3 Å². The van der Waals surface area contributed by atoms with Crippen molar-refractivity contribution in [3.05, 3.63) is 23.8 Å². The summed E-state index contributed by atoms with van der Waals surface area (Å²) in [6.45, 7) is 7.76. The molecule has 1 heterocycles. The first kappa shape index (κ1) is 16.9. The van der Waals surface area contributed by atoms with E-state index < -0.39 is 5.60 Å². The SMILES string of the molecule is CC(C)(C)OC(=O)NCC1CCN(c2ccc(N)cc2C#N)C1. The van der Waals surface area contributed by atoms with Gasteiger partial charge in [-0.05, 0) is 51.3 Å². The lowest BCUT2D eigenvalue weighted by Gasteiger charge is -2.22. The third-order valence-electron chi connectivity index (χ3n) is 3.70. The number of carbonyl (C=O) groups excluding carboxylic acids is 1. The molecule has 1 aromatic carbocycles. The van der Waals surface area contributed by atoms with E-state index in [1.807, 2.05) is 32.9 Å². The summed E-state index contributed by atoms with van der Waals surface area (Å²) in [6.07, 6.45) is 0.576. The van der Waals surface area contributed by atoms with Crippen LogP contribution in [0.15, 0.2) is 18.2 Å². The number of nitrogen functional groups attached to an aromatic ring is 1. The minimum absolute atomic E-state index is 0.339. The number of hydrogen-bond donors (Lipinski definition) is 2. The van der Waals surface area contributed by atoms with Crippen molar-refractivity contribution < 1.29 is 9.53 Å². The monoisotopic (exact) mass is 316 g/mol. The molecule has 0 aliphatic carbocycles. The Bertz CT molecular complexity index is 616. The van der Waals surface area contributed by atoms with Gasteiger partial charge in [-0.3, -0.25) is 0 Å². The maximum atomic E-state index is 11.7. The molecule has 1 unspecified atom stereocenters. The van der Waals surface area contributed by atoms with Crippen LogP contribution in [0.4, 0.5) is 16.2 Å². The third kappa shape index (κ3) is 4.78. The van der Waals surface area contributed by atoms with Gasteiger partial charge in [0.1, 0.15) is 11.7 Å². The first-order chi connectivity index (χ1) is 10.8. The summed E-state index contributed by atoms with van der Waals surface area (Å²) < 4.78 is 5.24. The number of anilines is 2. The van der Waals surface area contributed by atoms with E-state index in [4.69, 9.17) is 10.5 Å². The van der Waals surface area contributed by atoms with Crippen LogP contribution in [0.5, 0.6) is 0 Å². The van der Waals surface area contributed by atoms with Gasteiger partial charge < -0.3 is 20.7 Å². The number of rotatable bonds is 3. The van der Waals surface area contributed by atoms with Gasteiger partial charge in [-0.2, -0.15) is 5.26 Å². The fourth-order valence-corrected chi connectivity index (χ4v) is 2.68. The number of nitrogens with zero attached hydrogens (tertiary/aromatic N) is 2. The molecule has 124 valence electrons. The molecule has 2 rings (SSSR count). The Morgan fingerprint density at radius 2 is 2.26 bits per heavy atom.